The average Bonchev–Trinajstić information content (AvgIpc) is 2.73. The van der Waals surface area contributed by atoms with E-state index < -0.39 is 5.60 Å². The Kier molecular flexibility index (Phi) is 3.78. The highest BCUT2D eigenvalue weighted by atomic mass is 32.2. The van der Waals surface area contributed by atoms with Crippen molar-refractivity contribution < 1.29 is 15.0 Å². The van der Waals surface area contributed by atoms with Gasteiger partial charge in [-0.15, -0.1) is 0 Å². The molecule has 3 saturated carbocycles. The zero-order valence-electron chi connectivity index (χ0n) is 15.4. The molecule has 0 aromatic carbocycles. The van der Waals surface area contributed by atoms with E-state index in [1.165, 1.54) is 0 Å². The minimum Gasteiger partial charge on any atom is -0.391 e. The Bertz CT molecular complexity index is 565. The summed E-state index contributed by atoms with van der Waals surface area (Å²) in [4.78, 5) is 12.1. The lowest BCUT2D eigenvalue weighted by Crippen LogP contribution is -2.65. The summed E-state index contributed by atoms with van der Waals surface area (Å²) in [5.41, 5.74) is -0.948. The summed E-state index contributed by atoms with van der Waals surface area (Å²) in [5, 5.41) is 23.0. The van der Waals surface area contributed by atoms with E-state index >= 15 is 0 Å². The first-order chi connectivity index (χ1) is 11.1. The van der Waals surface area contributed by atoms with Crippen LogP contribution in [-0.4, -0.2) is 38.2 Å². The number of hydrogen-bond acceptors (Lipinski definition) is 4. The van der Waals surface area contributed by atoms with Gasteiger partial charge in [0.2, 0.25) is 0 Å². The van der Waals surface area contributed by atoms with Gasteiger partial charge in [0.15, 0.2) is 0 Å². The van der Waals surface area contributed by atoms with Crippen LogP contribution in [0.4, 0.5) is 0 Å². The van der Waals surface area contributed by atoms with Crippen LogP contribution in [0.1, 0.15) is 66.2 Å². The number of ketones is 1. The number of aliphatic hydroxyl groups excluding tert-OH is 1. The fourth-order valence-corrected chi connectivity index (χ4v) is 9.18. The second-order valence-corrected chi connectivity index (χ2v) is 11.3. The van der Waals surface area contributed by atoms with Gasteiger partial charge in [0, 0.05) is 34.2 Å². The molecule has 4 aliphatic rings. The summed E-state index contributed by atoms with van der Waals surface area (Å²) in [6.07, 6.45) is 4.47. The summed E-state index contributed by atoms with van der Waals surface area (Å²) in [6, 6.07) is 0. The van der Waals surface area contributed by atoms with Crippen LogP contribution in [0.3, 0.4) is 0 Å². The van der Waals surface area contributed by atoms with Crippen molar-refractivity contribution in [2.24, 2.45) is 28.6 Å². The number of Topliss-reactive ketones (excluding diaryl/α,β-unsaturated/α-hetero) is 1. The molecule has 0 amide bonds. The molecule has 3 aliphatic carbocycles. The second kappa shape index (κ2) is 5.23. The average molecular weight is 353 g/mol. The van der Waals surface area contributed by atoms with Crippen LogP contribution >= 0.6 is 11.8 Å². The van der Waals surface area contributed by atoms with Crippen LogP contribution in [0.5, 0.6) is 0 Å². The van der Waals surface area contributed by atoms with Crippen LogP contribution in [0.25, 0.3) is 0 Å². The van der Waals surface area contributed by atoms with Crippen molar-refractivity contribution >= 4 is 17.5 Å². The Morgan fingerprint density at radius 1 is 1.21 bits per heavy atom. The molecule has 1 aliphatic heterocycles. The maximum Gasteiger partial charge on any atom is 0.135 e. The molecule has 0 radical (unpaired) electrons. The SMILES string of the molecule is CC1CC2(O)CC(=O)CCC2(C)C2CCC3(C)C(O)C(C)SC3C12. The Morgan fingerprint density at radius 2 is 1.92 bits per heavy atom. The molecule has 24 heavy (non-hydrogen) atoms. The molecule has 1 saturated heterocycles. The number of hydrogen-bond donors (Lipinski definition) is 2. The smallest absolute Gasteiger partial charge is 0.135 e. The minimum absolute atomic E-state index is 0.00973. The largest absolute Gasteiger partial charge is 0.391 e. The van der Waals surface area contributed by atoms with Crippen LogP contribution in [0.15, 0.2) is 0 Å². The van der Waals surface area contributed by atoms with Crippen molar-refractivity contribution in [2.75, 3.05) is 0 Å². The third-order valence-corrected chi connectivity index (χ3v) is 10.4. The van der Waals surface area contributed by atoms with E-state index in [9.17, 15) is 15.0 Å². The van der Waals surface area contributed by atoms with Crippen LogP contribution < -0.4 is 0 Å². The molecule has 2 N–H and O–H groups in total. The first-order valence-electron chi connectivity index (χ1n) is 9.70. The summed E-state index contributed by atoms with van der Waals surface area (Å²) in [6.45, 7) is 8.98. The minimum atomic E-state index is -0.815. The molecule has 9 atom stereocenters. The lowest BCUT2D eigenvalue weighted by Gasteiger charge is -2.64. The topological polar surface area (TPSA) is 57.5 Å². The predicted molar refractivity (Wildman–Crippen MR) is 96.9 cm³/mol. The van der Waals surface area contributed by atoms with Gasteiger partial charge in [-0.1, -0.05) is 27.7 Å². The Labute approximate surface area is 150 Å². The van der Waals surface area contributed by atoms with Crippen molar-refractivity contribution in [2.45, 2.75) is 88.4 Å². The number of thioether (sulfide) groups is 1. The van der Waals surface area contributed by atoms with Gasteiger partial charge < -0.3 is 10.2 Å². The monoisotopic (exact) mass is 352 g/mol. The molecule has 0 bridgehead atoms. The van der Waals surface area contributed by atoms with E-state index in [1.54, 1.807) is 0 Å². The van der Waals surface area contributed by atoms with Crippen molar-refractivity contribution in [1.29, 1.82) is 0 Å². The molecule has 0 aromatic heterocycles. The summed E-state index contributed by atoms with van der Waals surface area (Å²) >= 11 is 1.98. The zero-order chi connectivity index (χ0) is 17.5. The maximum atomic E-state index is 12.1. The number of carbonyl (C=O) groups is 1. The third-order valence-electron chi connectivity index (χ3n) is 8.55. The van der Waals surface area contributed by atoms with Crippen LogP contribution in [0.2, 0.25) is 0 Å². The highest BCUT2D eigenvalue weighted by molar-refractivity contribution is 8.00. The molecular weight excluding hydrogens is 320 g/mol. The van der Waals surface area contributed by atoms with Gasteiger partial charge in [0.1, 0.15) is 5.78 Å². The van der Waals surface area contributed by atoms with E-state index in [0.717, 1.165) is 25.7 Å². The van der Waals surface area contributed by atoms with Crippen molar-refractivity contribution in [3.63, 3.8) is 0 Å². The van der Waals surface area contributed by atoms with Gasteiger partial charge in [-0.25, -0.2) is 0 Å². The van der Waals surface area contributed by atoms with Crippen LogP contribution in [0, 0.1) is 28.6 Å². The predicted octanol–water partition coefficient (Wildman–Crippen LogP) is 3.41. The van der Waals surface area contributed by atoms with E-state index in [2.05, 4.69) is 27.7 Å². The lowest BCUT2D eigenvalue weighted by atomic mass is 9.43. The second-order valence-electron chi connectivity index (χ2n) is 9.78. The van der Waals surface area contributed by atoms with E-state index in [4.69, 9.17) is 0 Å². The van der Waals surface area contributed by atoms with Crippen molar-refractivity contribution in [3.05, 3.63) is 0 Å². The first-order valence-corrected chi connectivity index (χ1v) is 10.6. The number of rotatable bonds is 0. The highest BCUT2D eigenvalue weighted by Gasteiger charge is 2.67. The fraction of sp³-hybridized carbons (Fsp3) is 0.950. The Hall–Kier alpha value is -0.0600. The van der Waals surface area contributed by atoms with Gasteiger partial charge in [0.05, 0.1) is 11.7 Å². The quantitative estimate of drug-likeness (QED) is 0.701. The van der Waals surface area contributed by atoms with E-state index in [-0.39, 0.29) is 22.7 Å². The molecule has 4 rings (SSSR count). The maximum absolute atomic E-state index is 12.1. The number of fused-ring (bicyclic) bond motifs is 5. The van der Waals surface area contributed by atoms with E-state index in [0.29, 0.717) is 41.1 Å². The normalized spacial score (nSPS) is 60.3. The summed E-state index contributed by atoms with van der Waals surface area (Å²) in [7, 11) is 0. The van der Waals surface area contributed by atoms with Gasteiger partial charge >= 0.3 is 0 Å². The van der Waals surface area contributed by atoms with E-state index in [1.807, 2.05) is 11.8 Å². The molecule has 136 valence electrons. The van der Waals surface area contributed by atoms with Crippen molar-refractivity contribution in [3.8, 4) is 0 Å². The first kappa shape index (κ1) is 17.4. The Morgan fingerprint density at radius 3 is 2.62 bits per heavy atom. The van der Waals surface area contributed by atoms with Crippen LogP contribution in [-0.2, 0) is 4.79 Å². The molecule has 4 heteroatoms. The Balaban J connectivity index is 1.73. The number of aliphatic hydroxyl groups is 2. The van der Waals surface area contributed by atoms with Gasteiger partial charge in [0.25, 0.3) is 0 Å². The fourth-order valence-electron chi connectivity index (χ4n) is 7.05. The third kappa shape index (κ3) is 2.02. The molecule has 0 aromatic rings. The molecule has 3 nitrogen and oxygen atoms in total. The van der Waals surface area contributed by atoms with Crippen molar-refractivity contribution in [1.82, 2.24) is 0 Å². The lowest BCUT2D eigenvalue weighted by molar-refractivity contribution is -0.208. The van der Waals surface area contributed by atoms with Gasteiger partial charge in [-0.3, -0.25) is 4.79 Å². The summed E-state index contributed by atoms with van der Waals surface area (Å²) < 4.78 is 0. The molecule has 4 fully saturated rings. The van der Waals surface area contributed by atoms with Gasteiger partial charge in [-0.2, -0.15) is 11.8 Å². The summed E-state index contributed by atoms with van der Waals surface area (Å²) in [5.74, 6) is 1.67. The van der Waals surface area contributed by atoms with Gasteiger partial charge in [-0.05, 0) is 43.4 Å². The standard InChI is InChI=1S/C20H32O3S/c1-11-9-20(23)10-13(21)5-8-19(20,4)14-6-7-18(3)16(22)12(2)24-17(18)15(11)14/h11-12,14-17,22-23H,5-10H2,1-4H3. The molecule has 9 unspecified atom stereocenters. The highest BCUT2D eigenvalue weighted by Crippen LogP contribution is 2.68. The zero-order valence-corrected chi connectivity index (χ0v) is 16.2. The number of carbonyl (C=O) groups excluding carboxylic acids is 1. The molecule has 1 heterocycles. The molecular formula is C20H32O3S. The molecule has 0 spiro atoms.